The van der Waals surface area contributed by atoms with E-state index >= 15 is 0 Å². The molecule has 0 unspecified atom stereocenters. The highest BCUT2D eigenvalue weighted by atomic mass is 16.5. The number of hydrogen-bond acceptors (Lipinski definition) is 4. The molecule has 1 aromatic carbocycles. The highest BCUT2D eigenvalue weighted by molar-refractivity contribution is 6.05. The Morgan fingerprint density at radius 1 is 1.33 bits per heavy atom. The van der Waals surface area contributed by atoms with Crippen molar-refractivity contribution in [3.63, 3.8) is 0 Å². The average molecular weight is 283 g/mol. The Labute approximate surface area is 123 Å². The van der Waals surface area contributed by atoms with E-state index in [9.17, 15) is 4.79 Å². The molecule has 5 nitrogen and oxygen atoms in total. The molecular formula is C16H17N3O2. The maximum absolute atomic E-state index is 12.3. The van der Waals surface area contributed by atoms with Gasteiger partial charge in [0.1, 0.15) is 11.3 Å². The summed E-state index contributed by atoms with van der Waals surface area (Å²) < 4.78 is 5.01. The van der Waals surface area contributed by atoms with Crippen molar-refractivity contribution in [2.75, 3.05) is 11.9 Å². The minimum Gasteiger partial charge on any atom is -0.361 e. The first-order valence-electron chi connectivity index (χ1n) is 6.56. The molecule has 0 spiro atoms. The molecule has 1 heterocycles. The minimum absolute atomic E-state index is 0.241. The van der Waals surface area contributed by atoms with Crippen molar-refractivity contribution < 1.29 is 9.32 Å². The highest BCUT2D eigenvalue weighted by Gasteiger charge is 2.17. The van der Waals surface area contributed by atoms with Crippen molar-refractivity contribution in [1.29, 1.82) is 0 Å². The molecule has 21 heavy (non-hydrogen) atoms. The number of benzene rings is 1. The van der Waals surface area contributed by atoms with Crippen LogP contribution in [0.4, 0.5) is 5.69 Å². The molecule has 0 atom stereocenters. The Morgan fingerprint density at radius 2 is 2.10 bits per heavy atom. The minimum atomic E-state index is -0.241. The van der Waals surface area contributed by atoms with Gasteiger partial charge in [-0.3, -0.25) is 4.79 Å². The van der Waals surface area contributed by atoms with Gasteiger partial charge < -0.3 is 15.6 Å². The van der Waals surface area contributed by atoms with Gasteiger partial charge in [-0.1, -0.05) is 17.0 Å². The molecule has 0 saturated carbocycles. The number of nitrogens with zero attached hydrogens (tertiary/aromatic N) is 1. The fourth-order valence-corrected chi connectivity index (χ4v) is 2.08. The lowest BCUT2D eigenvalue weighted by molar-refractivity contribution is 0.102. The van der Waals surface area contributed by atoms with Crippen LogP contribution in [-0.4, -0.2) is 17.6 Å². The number of nitrogens with two attached hydrogens (primary N) is 1. The fraction of sp³-hybridized carbons (Fsp3) is 0.250. The van der Waals surface area contributed by atoms with Crippen LogP contribution in [-0.2, 0) is 0 Å². The molecule has 108 valence electrons. The van der Waals surface area contributed by atoms with Crippen LogP contribution >= 0.6 is 0 Å². The second-order valence-corrected chi connectivity index (χ2v) is 4.75. The fourth-order valence-electron chi connectivity index (χ4n) is 2.08. The van der Waals surface area contributed by atoms with Gasteiger partial charge in [-0.05, 0) is 44.5 Å². The summed E-state index contributed by atoms with van der Waals surface area (Å²) in [5.74, 6) is 6.02. The van der Waals surface area contributed by atoms with Crippen LogP contribution in [0.25, 0.3) is 0 Å². The van der Waals surface area contributed by atoms with E-state index in [1.54, 1.807) is 13.8 Å². The molecule has 0 aliphatic rings. The summed E-state index contributed by atoms with van der Waals surface area (Å²) in [5.41, 5.74) is 8.91. The molecule has 1 amide bonds. The first kappa shape index (κ1) is 14.8. The van der Waals surface area contributed by atoms with Crippen molar-refractivity contribution >= 4 is 11.6 Å². The van der Waals surface area contributed by atoms with E-state index in [4.69, 9.17) is 10.3 Å². The average Bonchev–Trinajstić information content (AvgIpc) is 2.75. The Balaban J connectivity index is 2.27. The third-order valence-corrected chi connectivity index (χ3v) is 2.93. The number of carbonyl (C=O) groups excluding carboxylic acids is 1. The molecule has 1 aromatic heterocycles. The lowest BCUT2D eigenvalue weighted by Crippen LogP contribution is -2.13. The summed E-state index contributed by atoms with van der Waals surface area (Å²) in [7, 11) is 0. The van der Waals surface area contributed by atoms with Gasteiger partial charge in [0, 0.05) is 11.3 Å². The Kier molecular flexibility index (Phi) is 4.41. The van der Waals surface area contributed by atoms with Gasteiger partial charge in [-0.25, -0.2) is 0 Å². The second-order valence-electron chi connectivity index (χ2n) is 4.75. The first-order chi connectivity index (χ1) is 10.0. The van der Waals surface area contributed by atoms with E-state index in [0.29, 0.717) is 29.2 Å². The molecule has 5 heteroatoms. The van der Waals surface area contributed by atoms with E-state index < -0.39 is 0 Å². The van der Waals surface area contributed by atoms with Crippen LogP contribution in [0.15, 0.2) is 22.7 Å². The number of aromatic nitrogens is 1. The molecule has 2 aromatic rings. The summed E-state index contributed by atoms with van der Waals surface area (Å²) in [6.07, 6.45) is 0. The van der Waals surface area contributed by atoms with Gasteiger partial charge in [0.15, 0.2) is 0 Å². The molecule has 0 aliphatic heterocycles. The van der Waals surface area contributed by atoms with Gasteiger partial charge >= 0.3 is 0 Å². The topological polar surface area (TPSA) is 81.1 Å². The second kappa shape index (κ2) is 6.25. The van der Waals surface area contributed by atoms with Crippen LogP contribution < -0.4 is 11.1 Å². The predicted octanol–water partition coefficient (Wildman–Crippen LogP) is 2.16. The van der Waals surface area contributed by atoms with E-state index in [2.05, 4.69) is 22.3 Å². The Bertz CT molecular complexity index is 716. The van der Waals surface area contributed by atoms with Crippen LogP contribution in [0.1, 0.15) is 32.9 Å². The van der Waals surface area contributed by atoms with Crippen molar-refractivity contribution in [3.05, 3.63) is 46.3 Å². The van der Waals surface area contributed by atoms with E-state index in [-0.39, 0.29) is 5.91 Å². The lowest BCUT2D eigenvalue weighted by Gasteiger charge is -2.07. The van der Waals surface area contributed by atoms with Crippen molar-refractivity contribution in [2.24, 2.45) is 5.73 Å². The van der Waals surface area contributed by atoms with Crippen molar-refractivity contribution in [2.45, 2.75) is 20.8 Å². The molecule has 0 saturated heterocycles. The zero-order valence-electron chi connectivity index (χ0n) is 12.3. The number of anilines is 1. The number of carbonyl (C=O) groups is 1. The number of amides is 1. The van der Waals surface area contributed by atoms with Crippen LogP contribution in [0.2, 0.25) is 0 Å². The van der Waals surface area contributed by atoms with Crippen molar-refractivity contribution in [1.82, 2.24) is 5.16 Å². The van der Waals surface area contributed by atoms with E-state index in [1.807, 2.05) is 25.1 Å². The van der Waals surface area contributed by atoms with Crippen LogP contribution in [0.5, 0.6) is 0 Å². The summed E-state index contributed by atoms with van der Waals surface area (Å²) >= 11 is 0. The van der Waals surface area contributed by atoms with E-state index in [0.717, 1.165) is 11.1 Å². The SMILES string of the molecule is Cc1cc(C#CCN)cc(NC(=O)c2c(C)noc2C)c1. The zero-order valence-corrected chi connectivity index (χ0v) is 12.3. The first-order valence-corrected chi connectivity index (χ1v) is 6.56. The summed E-state index contributed by atoms with van der Waals surface area (Å²) in [6, 6.07) is 5.63. The number of rotatable bonds is 2. The smallest absolute Gasteiger partial charge is 0.261 e. The van der Waals surface area contributed by atoms with Gasteiger partial charge in [-0.15, -0.1) is 0 Å². The molecule has 0 aliphatic carbocycles. The molecule has 0 fully saturated rings. The molecular weight excluding hydrogens is 266 g/mol. The number of nitrogens with one attached hydrogen (secondary N) is 1. The Hall–Kier alpha value is -2.58. The van der Waals surface area contributed by atoms with Crippen LogP contribution in [0.3, 0.4) is 0 Å². The number of aryl methyl sites for hydroxylation is 3. The van der Waals surface area contributed by atoms with Crippen molar-refractivity contribution in [3.8, 4) is 11.8 Å². The molecule has 0 bridgehead atoms. The predicted molar refractivity (Wildman–Crippen MR) is 81.0 cm³/mol. The summed E-state index contributed by atoms with van der Waals surface area (Å²) in [6.45, 7) is 5.69. The largest absolute Gasteiger partial charge is 0.361 e. The maximum Gasteiger partial charge on any atom is 0.261 e. The zero-order chi connectivity index (χ0) is 15.4. The third kappa shape index (κ3) is 3.50. The van der Waals surface area contributed by atoms with Gasteiger partial charge in [-0.2, -0.15) is 0 Å². The monoisotopic (exact) mass is 283 g/mol. The number of hydrogen-bond donors (Lipinski definition) is 2. The van der Waals surface area contributed by atoms with Gasteiger partial charge in [0.25, 0.3) is 5.91 Å². The highest BCUT2D eigenvalue weighted by Crippen LogP contribution is 2.18. The molecule has 0 radical (unpaired) electrons. The quantitative estimate of drug-likeness (QED) is 0.828. The van der Waals surface area contributed by atoms with E-state index in [1.165, 1.54) is 0 Å². The summed E-state index contributed by atoms with van der Waals surface area (Å²) in [4.78, 5) is 12.3. The standard InChI is InChI=1S/C16H17N3O2/c1-10-7-13(5-4-6-17)9-14(8-10)18-16(20)15-11(2)19-21-12(15)3/h7-9H,6,17H2,1-3H3,(H,18,20). The van der Waals surface area contributed by atoms with Crippen LogP contribution in [0, 0.1) is 32.6 Å². The summed E-state index contributed by atoms with van der Waals surface area (Å²) in [5, 5.41) is 6.63. The normalized spacial score (nSPS) is 9.90. The molecule has 2 rings (SSSR count). The van der Waals surface area contributed by atoms with Gasteiger partial charge in [0.05, 0.1) is 12.2 Å². The maximum atomic E-state index is 12.3. The third-order valence-electron chi connectivity index (χ3n) is 2.93. The Morgan fingerprint density at radius 3 is 2.71 bits per heavy atom. The molecule has 3 N–H and O–H groups in total. The lowest BCUT2D eigenvalue weighted by atomic mass is 10.1. The van der Waals surface area contributed by atoms with Gasteiger partial charge in [0.2, 0.25) is 0 Å².